The Balaban J connectivity index is 1.66. The molecule has 3 aromatic carbocycles. The zero-order valence-electron chi connectivity index (χ0n) is 18.6. The molecule has 5 nitrogen and oxygen atoms in total. The Morgan fingerprint density at radius 2 is 1.79 bits per heavy atom. The first-order valence-electron chi connectivity index (χ1n) is 10.6. The first-order valence-corrected chi connectivity index (χ1v) is 11.0. The fourth-order valence-corrected chi connectivity index (χ4v) is 3.14. The van der Waals surface area contributed by atoms with Crippen LogP contribution in [0.15, 0.2) is 72.3 Å². The number of halogens is 1. The standard InChI is InChI=1S/C27H25ClN2O3/c1-3-14-32-26-13-8-23(28)16-21(26)15-22(17-29)27(31)30-24-9-11-25(12-10-24)33-18-20-6-4-19(2)5-7-20/h4-13,15-16H,3,14,18H2,1-2H3,(H,30,31)/b22-15+. The summed E-state index contributed by atoms with van der Waals surface area (Å²) in [6.45, 7) is 5.02. The smallest absolute Gasteiger partial charge is 0.266 e. The van der Waals surface area contributed by atoms with Crippen LogP contribution in [0, 0.1) is 18.3 Å². The van der Waals surface area contributed by atoms with Gasteiger partial charge in [0.15, 0.2) is 0 Å². The van der Waals surface area contributed by atoms with Crippen molar-refractivity contribution in [2.24, 2.45) is 0 Å². The monoisotopic (exact) mass is 460 g/mol. The van der Waals surface area contributed by atoms with Gasteiger partial charge in [0.05, 0.1) is 6.61 Å². The van der Waals surface area contributed by atoms with Crippen LogP contribution in [0.1, 0.15) is 30.0 Å². The molecule has 6 heteroatoms. The van der Waals surface area contributed by atoms with Crippen molar-refractivity contribution in [2.45, 2.75) is 26.9 Å². The zero-order valence-corrected chi connectivity index (χ0v) is 19.4. The number of rotatable bonds is 9. The van der Waals surface area contributed by atoms with Crippen LogP contribution in [0.2, 0.25) is 5.02 Å². The summed E-state index contributed by atoms with van der Waals surface area (Å²) < 4.78 is 11.5. The second-order valence-corrected chi connectivity index (χ2v) is 7.89. The maximum atomic E-state index is 12.7. The molecule has 1 N–H and O–H groups in total. The predicted octanol–water partition coefficient (Wildman–Crippen LogP) is 6.56. The second kappa shape index (κ2) is 11.8. The minimum absolute atomic E-state index is 0.0571. The highest BCUT2D eigenvalue weighted by Crippen LogP contribution is 2.26. The van der Waals surface area contributed by atoms with E-state index in [0.717, 1.165) is 12.0 Å². The molecule has 0 saturated carbocycles. The molecule has 0 atom stereocenters. The Hall–Kier alpha value is -3.75. The van der Waals surface area contributed by atoms with Crippen molar-refractivity contribution >= 4 is 29.3 Å². The molecule has 0 radical (unpaired) electrons. The predicted molar refractivity (Wildman–Crippen MR) is 131 cm³/mol. The Kier molecular flexibility index (Phi) is 8.51. The van der Waals surface area contributed by atoms with E-state index in [9.17, 15) is 10.1 Å². The van der Waals surface area contributed by atoms with Gasteiger partial charge in [0, 0.05) is 16.3 Å². The summed E-state index contributed by atoms with van der Waals surface area (Å²) >= 11 is 6.09. The van der Waals surface area contributed by atoms with Gasteiger partial charge in [0.1, 0.15) is 29.7 Å². The van der Waals surface area contributed by atoms with E-state index in [1.54, 1.807) is 42.5 Å². The summed E-state index contributed by atoms with van der Waals surface area (Å²) in [5.41, 5.74) is 3.34. The number of benzene rings is 3. The first-order chi connectivity index (χ1) is 16.0. The molecular formula is C27H25ClN2O3. The van der Waals surface area contributed by atoms with E-state index < -0.39 is 5.91 Å². The van der Waals surface area contributed by atoms with Crippen LogP contribution in [0.25, 0.3) is 6.08 Å². The van der Waals surface area contributed by atoms with Gasteiger partial charge < -0.3 is 14.8 Å². The Morgan fingerprint density at radius 1 is 1.06 bits per heavy atom. The molecule has 168 valence electrons. The molecule has 0 aliphatic heterocycles. The molecular weight excluding hydrogens is 436 g/mol. The fraction of sp³-hybridized carbons (Fsp3) is 0.185. The number of nitrogens with zero attached hydrogens (tertiary/aromatic N) is 1. The third-order valence-electron chi connectivity index (χ3n) is 4.74. The Morgan fingerprint density at radius 3 is 2.45 bits per heavy atom. The van der Waals surface area contributed by atoms with Gasteiger partial charge in [-0.1, -0.05) is 48.4 Å². The van der Waals surface area contributed by atoms with Gasteiger partial charge in [0.2, 0.25) is 0 Å². The molecule has 0 unspecified atom stereocenters. The topological polar surface area (TPSA) is 71.3 Å². The van der Waals surface area contributed by atoms with E-state index >= 15 is 0 Å². The normalized spacial score (nSPS) is 10.9. The lowest BCUT2D eigenvalue weighted by atomic mass is 10.1. The fourth-order valence-electron chi connectivity index (χ4n) is 2.96. The highest BCUT2D eigenvalue weighted by Gasteiger charge is 2.12. The molecule has 3 rings (SSSR count). The van der Waals surface area contributed by atoms with E-state index in [-0.39, 0.29) is 5.57 Å². The Labute approximate surface area is 199 Å². The van der Waals surface area contributed by atoms with Crippen LogP contribution in [0.3, 0.4) is 0 Å². The maximum Gasteiger partial charge on any atom is 0.266 e. The minimum atomic E-state index is -0.521. The average molecular weight is 461 g/mol. The molecule has 0 aliphatic carbocycles. The lowest BCUT2D eigenvalue weighted by Crippen LogP contribution is -2.13. The van der Waals surface area contributed by atoms with Crippen molar-refractivity contribution in [3.63, 3.8) is 0 Å². The van der Waals surface area contributed by atoms with Crippen molar-refractivity contribution < 1.29 is 14.3 Å². The van der Waals surface area contributed by atoms with Gasteiger partial charge in [-0.3, -0.25) is 4.79 Å². The van der Waals surface area contributed by atoms with E-state index in [1.165, 1.54) is 11.6 Å². The van der Waals surface area contributed by atoms with E-state index in [2.05, 4.69) is 5.32 Å². The number of nitriles is 1. The third-order valence-corrected chi connectivity index (χ3v) is 4.97. The quantitative estimate of drug-likeness (QED) is 0.290. The van der Waals surface area contributed by atoms with Gasteiger partial charge in [0.25, 0.3) is 5.91 Å². The number of amides is 1. The van der Waals surface area contributed by atoms with Crippen molar-refractivity contribution in [1.29, 1.82) is 5.26 Å². The summed E-state index contributed by atoms with van der Waals surface area (Å²) in [6, 6.07) is 22.2. The van der Waals surface area contributed by atoms with Gasteiger partial charge in [-0.2, -0.15) is 5.26 Å². The third kappa shape index (κ3) is 7.13. The second-order valence-electron chi connectivity index (χ2n) is 7.45. The number of hydrogen-bond acceptors (Lipinski definition) is 4. The molecule has 1 amide bonds. The lowest BCUT2D eigenvalue weighted by molar-refractivity contribution is -0.112. The number of ether oxygens (including phenoxy) is 2. The summed E-state index contributed by atoms with van der Waals surface area (Å²) in [5.74, 6) is 0.727. The number of carbonyl (C=O) groups is 1. The van der Waals surface area contributed by atoms with Crippen LogP contribution in [0.5, 0.6) is 11.5 Å². The van der Waals surface area contributed by atoms with E-state index in [1.807, 2.05) is 44.2 Å². The van der Waals surface area contributed by atoms with Crippen molar-refractivity contribution in [3.05, 3.63) is 94.0 Å². The molecule has 0 saturated heterocycles. The average Bonchev–Trinajstić information content (AvgIpc) is 2.82. The van der Waals surface area contributed by atoms with Crippen LogP contribution in [0.4, 0.5) is 5.69 Å². The van der Waals surface area contributed by atoms with Gasteiger partial charge in [-0.25, -0.2) is 0 Å². The van der Waals surface area contributed by atoms with Crippen LogP contribution in [-0.2, 0) is 11.4 Å². The summed E-state index contributed by atoms with van der Waals surface area (Å²) in [6.07, 6.45) is 2.31. The molecule has 0 heterocycles. The lowest BCUT2D eigenvalue weighted by Gasteiger charge is -2.10. The SMILES string of the molecule is CCCOc1ccc(Cl)cc1/C=C(\C#N)C(=O)Nc1ccc(OCc2ccc(C)cc2)cc1. The van der Waals surface area contributed by atoms with Crippen molar-refractivity contribution in [1.82, 2.24) is 0 Å². The summed E-state index contributed by atoms with van der Waals surface area (Å²) in [7, 11) is 0. The Bertz CT molecular complexity index is 1160. The summed E-state index contributed by atoms with van der Waals surface area (Å²) in [4.78, 5) is 12.7. The van der Waals surface area contributed by atoms with E-state index in [0.29, 0.717) is 41.0 Å². The minimum Gasteiger partial charge on any atom is -0.493 e. The largest absolute Gasteiger partial charge is 0.493 e. The maximum absolute atomic E-state index is 12.7. The van der Waals surface area contributed by atoms with Crippen LogP contribution < -0.4 is 14.8 Å². The zero-order chi connectivity index (χ0) is 23.6. The molecule has 0 fully saturated rings. The van der Waals surface area contributed by atoms with Gasteiger partial charge >= 0.3 is 0 Å². The number of aryl methyl sites for hydroxylation is 1. The van der Waals surface area contributed by atoms with Crippen LogP contribution in [-0.4, -0.2) is 12.5 Å². The molecule has 0 spiro atoms. The molecule has 33 heavy (non-hydrogen) atoms. The van der Waals surface area contributed by atoms with Crippen molar-refractivity contribution in [3.8, 4) is 17.6 Å². The van der Waals surface area contributed by atoms with Crippen LogP contribution >= 0.6 is 11.6 Å². The number of carbonyl (C=O) groups excluding carboxylic acids is 1. The molecule has 3 aromatic rings. The first kappa shape index (κ1) is 23.9. The van der Waals surface area contributed by atoms with Crippen molar-refractivity contribution in [2.75, 3.05) is 11.9 Å². The van der Waals surface area contributed by atoms with Gasteiger partial charge in [-0.15, -0.1) is 0 Å². The number of nitrogens with one attached hydrogen (secondary N) is 1. The number of anilines is 1. The highest BCUT2D eigenvalue weighted by atomic mass is 35.5. The highest BCUT2D eigenvalue weighted by molar-refractivity contribution is 6.30. The molecule has 0 aromatic heterocycles. The van der Waals surface area contributed by atoms with Gasteiger partial charge in [-0.05, 0) is 67.4 Å². The number of hydrogen-bond donors (Lipinski definition) is 1. The van der Waals surface area contributed by atoms with E-state index in [4.69, 9.17) is 21.1 Å². The summed E-state index contributed by atoms with van der Waals surface area (Å²) in [5, 5.41) is 12.8. The molecule has 0 aliphatic rings. The molecule has 0 bridgehead atoms.